The normalized spacial score (nSPS) is 11.5. The van der Waals surface area contributed by atoms with Gasteiger partial charge in [-0.2, -0.15) is 8.78 Å². The fourth-order valence-corrected chi connectivity index (χ4v) is 2.76. The lowest BCUT2D eigenvalue weighted by Gasteiger charge is -2.15. The first-order valence-electron chi connectivity index (χ1n) is 8.03. The summed E-state index contributed by atoms with van der Waals surface area (Å²) >= 11 is 1.83. The van der Waals surface area contributed by atoms with E-state index < -0.39 is 12.1 Å². The van der Waals surface area contributed by atoms with Crippen molar-refractivity contribution in [3.63, 3.8) is 0 Å². The van der Waals surface area contributed by atoms with Crippen LogP contribution in [0.3, 0.4) is 0 Å². The average molecular weight is 456 g/mol. The Morgan fingerprint density at radius 2 is 1.88 bits per heavy atom. The van der Waals surface area contributed by atoms with Crippen molar-refractivity contribution in [1.29, 1.82) is 0 Å². The third-order valence-corrected chi connectivity index (χ3v) is 4.24. The van der Waals surface area contributed by atoms with Crippen molar-refractivity contribution in [1.82, 2.24) is 0 Å². The average Bonchev–Trinajstić information content (AvgIpc) is 2.52. The summed E-state index contributed by atoms with van der Waals surface area (Å²) < 4.78 is 36.4. The van der Waals surface area contributed by atoms with Crippen LogP contribution in [-0.2, 0) is 16.1 Å². The van der Waals surface area contributed by atoms with Crippen molar-refractivity contribution >= 4 is 28.6 Å². The zero-order valence-electron chi connectivity index (χ0n) is 13.7. The molecule has 7 heteroatoms. The van der Waals surface area contributed by atoms with Crippen molar-refractivity contribution < 1.29 is 28.2 Å². The second-order valence-corrected chi connectivity index (χ2v) is 6.67. The zero-order chi connectivity index (χ0) is 18.0. The van der Waals surface area contributed by atoms with Crippen molar-refractivity contribution in [3.05, 3.63) is 27.3 Å². The van der Waals surface area contributed by atoms with E-state index in [1.54, 1.807) is 12.1 Å². The van der Waals surface area contributed by atoms with Gasteiger partial charge in [-0.3, -0.25) is 0 Å². The summed E-state index contributed by atoms with van der Waals surface area (Å²) in [7, 11) is 0. The largest absolute Gasteiger partial charge is 0.501 e. The van der Waals surface area contributed by atoms with Crippen molar-refractivity contribution in [3.8, 4) is 5.75 Å². The number of hydrogen-bond donors (Lipinski definition) is 1. The monoisotopic (exact) mass is 456 g/mol. The fraction of sp³-hybridized carbons (Fsp3) is 0.588. The number of benzene rings is 1. The number of ether oxygens (including phenoxy) is 2. The molecule has 0 saturated heterocycles. The number of hydrogen-bond acceptors (Lipinski definition) is 3. The van der Waals surface area contributed by atoms with Crippen LogP contribution in [0.1, 0.15) is 51.0 Å². The molecule has 1 N–H and O–H groups in total. The van der Waals surface area contributed by atoms with Gasteiger partial charge in [0, 0.05) is 6.61 Å². The van der Waals surface area contributed by atoms with Gasteiger partial charge in [0.15, 0.2) is 0 Å². The number of carboxylic acids is 1. The lowest BCUT2D eigenvalue weighted by Crippen LogP contribution is -2.35. The van der Waals surface area contributed by atoms with Crippen LogP contribution in [0.25, 0.3) is 0 Å². The van der Waals surface area contributed by atoms with Gasteiger partial charge in [-0.25, -0.2) is 4.79 Å². The van der Waals surface area contributed by atoms with Crippen LogP contribution in [0.15, 0.2) is 18.2 Å². The quantitative estimate of drug-likeness (QED) is 0.346. The van der Waals surface area contributed by atoms with Crippen LogP contribution in [0.2, 0.25) is 0 Å². The smallest absolute Gasteiger partial charge is 0.474 e. The molecule has 0 aliphatic carbocycles. The Kier molecular flexibility index (Phi) is 9.50. The van der Waals surface area contributed by atoms with Crippen molar-refractivity contribution in [2.75, 3.05) is 6.61 Å². The number of rotatable bonds is 12. The van der Waals surface area contributed by atoms with E-state index in [4.69, 9.17) is 9.84 Å². The van der Waals surface area contributed by atoms with Gasteiger partial charge in [-0.15, -0.1) is 0 Å². The highest BCUT2D eigenvalue weighted by Crippen LogP contribution is 2.28. The third kappa shape index (κ3) is 7.74. The van der Waals surface area contributed by atoms with E-state index in [2.05, 4.69) is 11.7 Å². The molecule has 0 spiro atoms. The molecule has 136 valence electrons. The molecule has 0 bridgehead atoms. The molecule has 1 aromatic carbocycles. The zero-order valence-corrected chi connectivity index (χ0v) is 15.9. The van der Waals surface area contributed by atoms with E-state index in [9.17, 15) is 13.6 Å². The molecule has 0 aliphatic rings. The number of carboxylic acid groups (broad SMARTS) is 1. The minimum atomic E-state index is -4.24. The van der Waals surface area contributed by atoms with E-state index in [1.165, 1.54) is 31.7 Å². The maximum atomic E-state index is 13.1. The molecule has 0 atom stereocenters. The maximum Gasteiger partial charge on any atom is 0.501 e. The summed E-state index contributed by atoms with van der Waals surface area (Å²) in [6.07, 6.45) is 2.90. The summed E-state index contributed by atoms with van der Waals surface area (Å²) in [5.41, 5.74) is 0.830. The predicted octanol–water partition coefficient (Wildman–Crippen LogP) is 5.22. The van der Waals surface area contributed by atoms with Crippen LogP contribution in [0.5, 0.6) is 5.75 Å². The molecule has 0 heterocycles. The summed E-state index contributed by atoms with van der Waals surface area (Å²) in [5.74, 6) is -2.48. The lowest BCUT2D eigenvalue weighted by molar-refractivity contribution is -0.211. The molecule has 0 fully saturated rings. The van der Waals surface area contributed by atoms with Crippen molar-refractivity contribution in [2.45, 2.75) is 58.2 Å². The van der Waals surface area contributed by atoms with Gasteiger partial charge < -0.3 is 14.6 Å². The molecule has 1 rings (SSSR count). The number of alkyl halides is 2. The highest BCUT2D eigenvalue weighted by Gasteiger charge is 2.42. The highest BCUT2D eigenvalue weighted by molar-refractivity contribution is 14.1. The Labute approximate surface area is 154 Å². The second kappa shape index (κ2) is 10.8. The van der Waals surface area contributed by atoms with Gasteiger partial charge in [0.05, 0.1) is 10.2 Å². The first-order valence-corrected chi connectivity index (χ1v) is 9.11. The SMILES string of the molecule is CCCCCCCCOCc1ccc(OC(F)(F)C(=O)O)c(I)c1. The molecule has 0 aliphatic heterocycles. The highest BCUT2D eigenvalue weighted by atomic mass is 127. The van der Waals surface area contributed by atoms with E-state index in [1.807, 2.05) is 22.6 Å². The molecule has 0 amide bonds. The van der Waals surface area contributed by atoms with Gasteiger partial charge >= 0.3 is 12.1 Å². The third-order valence-electron chi connectivity index (χ3n) is 3.39. The molecule has 0 radical (unpaired) electrons. The lowest BCUT2D eigenvalue weighted by atomic mass is 10.1. The van der Waals surface area contributed by atoms with Gasteiger partial charge in [-0.1, -0.05) is 45.1 Å². The van der Waals surface area contributed by atoms with Gasteiger partial charge in [-0.05, 0) is 46.7 Å². The Morgan fingerprint density at radius 1 is 1.21 bits per heavy atom. The van der Waals surface area contributed by atoms with Crippen LogP contribution in [0.4, 0.5) is 8.78 Å². The molecule has 4 nitrogen and oxygen atoms in total. The molecule has 1 aromatic rings. The van der Waals surface area contributed by atoms with Gasteiger partial charge in [0.25, 0.3) is 0 Å². The Bertz CT molecular complexity index is 523. The predicted molar refractivity (Wildman–Crippen MR) is 95.4 cm³/mol. The molecule has 24 heavy (non-hydrogen) atoms. The molecular formula is C17H23F2IO4. The minimum absolute atomic E-state index is 0.164. The maximum absolute atomic E-state index is 13.1. The van der Waals surface area contributed by atoms with Gasteiger partial charge in [0.1, 0.15) is 5.75 Å². The number of carbonyl (C=O) groups is 1. The Hall–Kier alpha value is -0.960. The summed E-state index contributed by atoms with van der Waals surface area (Å²) in [4.78, 5) is 10.4. The molecular weight excluding hydrogens is 433 g/mol. The minimum Gasteiger partial charge on any atom is -0.474 e. The van der Waals surface area contributed by atoms with Crippen LogP contribution >= 0.6 is 22.6 Å². The van der Waals surface area contributed by atoms with Crippen molar-refractivity contribution in [2.24, 2.45) is 0 Å². The van der Waals surface area contributed by atoms with E-state index in [0.29, 0.717) is 16.8 Å². The summed E-state index contributed by atoms with van der Waals surface area (Å²) in [5, 5.41) is 8.39. The van der Waals surface area contributed by atoms with Crippen LogP contribution in [0, 0.1) is 3.57 Å². The van der Waals surface area contributed by atoms with E-state index in [0.717, 1.165) is 18.4 Å². The summed E-state index contributed by atoms with van der Waals surface area (Å²) in [6, 6.07) is 4.58. The first-order chi connectivity index (χ1) is 11.4. The standard InChI is InChI=1S/C17H23F2IO4/c1-2-3-4-5-6-7-10-23-12-13-8-9-15(14(20)11-13)24-17(18,19)16(21)22/h8-9,11H,2-7,10,12H2,1H3,(H,21,22). The first kappa shape index (κ1) is 21.1. The van der Waals surface area contributed by atoms with E-state index >= 15 is 0 Å². The fourth-order valence-electron chi connectivity index (χ4n) is 2.07. The summed E-state index contributed by atoms with van der Waals surface area (Å²) in [6.45, 7) is 3.24. The van der Waals surface area contributed by atoms with Crippen LogP contribution < -0.4 is 4.74 Å². The van der Waals surface area contributed by atoms with Gasteiger partial charge in [0.2, 0.25) is 0 Å². The number of aliphatic carboxylic acids is 1. The second-order valence-electron chi connectivity index (χ2n) is 5.51. The molecule has 0 aromatic heterocycles. The molecule has 0 saturated carbocycles. The number of unbranched alkanes of at least 4 members (excludes halogenated alkanes) is 5. The topological polar surface area (TPSA) is 55.8 Å². The van der Waals surface area contributed by atoms with E-state index in [-0.39, 0.29) is 5.75 Å². The Balaban J connectivity index is 2.36. The Morgan fingerprint density at radius 3 is 2.50 bits per heavy atom. The number of halogens is 3. The van der Waals surface area contributed by atoms with Crippen LogP contribution in [-0.4, -0.2) is 23.8 Å². The molecule has 0 unspecified atom stereocenters.